The van der Waals surface area contributed by atoms with Crippen molar-refractivity contribution in [3.63, 3.8) is 0 Å². The first-order valence-corrected chi connectivity index (χ1v) is 8.72. The van der Waals surface area contributed by atoms with Crippen LogP contribution in [0.3, 0.4) is 0 Å². The van der Waals surface area contributed by atoms with Gasteiger partial charge in [-0.15, -0.1) is 0 Å². The normalized spacial score (nSPS) is 14.3. The van der Waals surface area contributed by atoms with Gasteiger partial charge in [-0.25, -0.2) is 0 Å². The lowest BCUT2D eigenvalue weighted by atomic mass is 10.0. The van der Waals surface area contributed by atoms with Crippen molar-refractivity contribution in [2.45, 2.75) is 25.5 Å². The molecule has 2 amide bonds. The van der Waals surface area contributed by atoms with Crippen LogP contribution in [0.4, 0.5) is 0 Å². The van der Waals surface area contributed by atoms with Gasteiger partial charge in [0, 0.05) is 5.39 Å². The maximum atomic E-state index is 12.1. The van der Waals surface area contributed by atoms with E-state index in [-0.39, 0.29) is 12.6 Å². The van der Waals surface area contributed by atoms with E-state index in [0.29, 0.717) is 11.3 Å². The Morgan fingerprint density at radius 3 is 2.44 bits per heavy atom. The van der Waals surface area contributed by atoms with Crippen molar-refractivity contribution in [2.24, 2.45) is 0 Å². The summed E-state index contributed by atoms with van der Waals surface area (Å²) in [5.74, 6) is -1.25. The Morgan fingerprint density at radius 1 is 1.07 bits per heavy atom. The van der Waals surface area contributed by atoms with Crippen LogP contribution in [0.25, 0.3) is 11.0 Å². The summed E-state index contributed by atoms with van der Waals surface area (Å²) in [5, 5.41) is 16.6. The van der Waals surface area contributed by atoms with Crippen LogP contribution in [0.2, 0.25) is 0 Å². The van der Waals surface area contributed by atoms with Crippen LogP contribution in [-0.2, 0) is 15.2 Å². The maximum absolute atomic E-state index is 12.1. The van der Waals surface area contributed by atoms with Crippen LogP contribution in [0.15, 0.2) is 65.1 Å². The average Bonchev–Trinajstić information content (AvgIpc) is 3.12. The Hall–Kier alpha value is -3.12. The molecule has 2 aromatic carbocycles. The zero-order valence-electron chi connectivity index (χ0n) is 15.2. The van der Waals surface area contributed by atoms with Gasteiger partial charge in [-0.3, -0.25) is 9.59 Å². The van der Waals surface area contributed by atoms with Crippen LogP contribution in [0, 0.1) is 0 Å². The van der Waals surface area contributed by atoms with Crippen LogP contribution in [0.1, 0.15) is 31.2 Å². The molecule has 1 heterocycles. The van der Waals surface area contributed by atoms with Crippen LogP contribution >= 0.6 is 0 Å². The molecular weight excluding hydrogens is 344 g/mol. The summed E-state index contributed by atoms with van der Waals surface area (Å²) >= 11 is 0. The molecule has 2 atom stereocenters. The number of hydrogen-bond acceptors (Lipinski definition) is 4. The first kappa shape index (κ1) is 18.7. The topological polar surface area (TPSA) is 91.6 Å². The number of hydrogen-bond donors (Lipinski definition) is 3. The number of nitrogens with one attached hydrogen (secondary N) is 2. The van der Waals surface area contributed by atoms with Gasteiger partial charge in [0.25, 0.3) is 0 Å². The van der Waals surface area contributed by atoms with E-state index >= 15 is 0 Å². The second-order valence-corrected chi connectivity index (χ2v) is 6.71. The average molecular weight is 366 g/mol. The van der Waals surface area contributed by atoms with Gasteiger partial charge in [-0.05, 0) is 31.5 Å². The molecule has 0 bridgehead atoms. The SMILES string of the molecule is C[C@@H](NC(=O)C(=O)NC[C@@](C)(O)c1cc2ccccc2o1)c1ccccc1. The molecule has 3 rings (SSSR count). The fourth-order valence-electron chi connectivity index (χ4n) is 2.75. The van der Waals surface area contributed by atoms with E-state index in [0.717, 1.165) is 10.9 Å². The Kier molecular flexibility index (Phi) is 5.28. The largest absolute Gasteiger partial charge is 0.458 e. The molecule has 0 saturated heterocycles. The van der Waals surface area contributed by atoms with Gasteiger partial charge >= 0.3 is 11.8 Å². The molecule has 0 aliphatic rings. The van der Waals surface area contributed by atoms with E-state index in [1.165, 1.54) is 6.92 Å². The van der Waals surface area contributed by atoms with Gasteiger partial charge in [0.1, 0.15) is 16.9 Å². The second kappa shape index (κ2) is 7.63. The van der Waals surface area contributed by atoms with Crippen molar-refractivity contribution in [3.8, 4) is 0 Å². The quantitative estimate of drug-likeness (QED) is 0.606. The number of carbonyl (C=O) groups excluding carboxylic acids is 2. The summed E-state index contributed by atoms with van der Waals surface area (Å²) in [4.78, 5) is 24.2. The number of fused-ring (bicyclic) bond motifs is 1. The number of rotatable bonds is 5. The molecule has 0 saturated carbocycles. The zero-order valence-corrected chi connectivity index (χ0v) is 15.2. The van der Waals surface area contributed by atoms with Crippen LogP contribution < -0.4 is 10.6 Å². The van der Waals surface area contributed by atoms with Gasteiger partial charge in [0.15, 0.2) is 0 Å². The van der Waals surface area contributed by atoms with Crippen molar-refractivity contribution >= 4 is 22.8 Å². The molecule has 1 aromatic heterocycles. The molecule has 0 unspecified atom stereocenters. The number of amides is 2. The van der Waals surface area contributed by atoms with Crippen molar-refractivity contribution in [1.82, 2.24) is 10.6 Å². The standard InChI is InChI=1S/C21H22N2O4/c1-14(15-8-4-3-5-9-15)23-20(25)19(24)22-13-21(2,26)18-12-16-10-6-7-11-17(16)27-18/h3-12,14,26H,13H2,1-2H3,(H,22,24)(H,23,25)/t14-,21-/m1/s1. The van der Waals surface area contributed by atoms with E-state index in [2.05, 4.69) is 10.6 Å². The predicted octanol–water partition coefficient (Wildman–Crippen LogP) is 2.63. The minimum atomic E-state index is -1.44. The third kappa shape index (κ3) is 4.35. The summed E-state index contributed by atoms with van der Waals surface area (Å²) in [6.45, 7) is 3.17. The lowest BCUT2D eigenvalue weighted by Crippen LogP contribution is -2.45. The Labute approximate surface area is 157 Å². The number of aliphatic hydroxyl groups is 1. The summed E-state index contributed by atoms with van der Waals surface area (Å²) in [7, 11) is 0. The van der Waals surface area contributed by atoms with Crippen molar-refractivity contribution in [3.05, 3.63) is 72.0 Å². The van der Waals surface area contributed by atoms with Crippen LogP contribution in [0.5, 0.6) is 0 Å². The van der Waals surface area contributed by atoms with E-state index in [4.69, 9.17) is 4.42 Å². The number of benzene rings is 2. The van der Waals surface area contributed by atoms with Crippen molar-refractivity contribution in [2.75, 3.05) is 6.54 Å². The van der Waals surface area contributed by atoms with Crippen molar-refractivity contribution in [1.29, 1.82) is 0 Å². The van der Waals surface area contributed by atoms with Gasteiger partial charge in [0.2, 0.25) is 0 Å². The van der Waals surface area contributed by atoms with E-state index in [9.17, 15) is 14.7 Å². The first-order chi connectivity index (χ1) is 12.9. The highest BCUT2D eigenvalue weighted by Gasteiger charge is 2.29. The smallest absolute Gasteiger partial charge is 0.309 e. The minimum Gasteiger partial charge on any atom is -0.458 e. The maximum Gasteiger partial charge on any atom is 0.309 e. The molecule has 0 radical (unpaired) electrons. The zero-order chi connectivity index (χ0) is 19.4. The molecule has 0 fully saturated rings. The highest BCUT2D eigenvalue weighted by Crippen LogP contribution is 2.27. The lowest BCUT2D eigenvalue weighted by Gasteiger charge is -2.21. The summed E-state index contributed by atoms with van der Waals surface area (Å²) < 4.78 is 5.65. The molecule has 6 nitrogen and oxygen atoms in total. The molecule has 0 aliphatic heterocycles. The third-order valence-corrected chi connectivity index (χ3v) is 4.40. The van der Waals surface area contributed by atoms with Gasteiger partial charge in [-0.2, -0.15) is 0 Å². The number of para-hydroxylation sites is 1. The fourth-order valence-corrected chi connectivity index (χ4v) is 2.75. The first-order valence-electron chi connectivity index (χ1n) is 8.72. The van der Waals surface area contributed by atoms with Gasteiger partial charge < -0.3 is 20.2 Å². The highest BCUT2D eigenvalue weighted by atomic mass is 16.4. The lowest BCUT2D eigenvalue weighted by molar-refractivity contribution is -0.140. The molecule has 6 heteroatoms. The fraction of sp³-hybridized carbons (Fsp3) is 0.238. The Morgan fingerprint density at radius 2 is 1.74 bits per heavy atom. The summed E-state index contributed by atoms with van der Waals surface area (Å²) in [5.41, 5.74) is 0.0986. The minimum absolute atomic E-state index is 0.154. The third-order valence-electron chi connectivity index (χ3n) is 4.40. The molecule has 140 valence electrons. The Bertz CT molecular complexity index is 914. The molecule has 0 aliphatic carbocycles. The molecular formula is C21H22N2O4. The van der Waals surface area contributed by atoms with Crippen LogP contribution in [-0.4, -0.2) is 23.5 Å². The number of furan rings is 1. The van der Waals surface area contributed by atoms with Crippen molar-refractivity contribution < 1.29 is 19.1 Å². The highest BCUT2D eigenvalue weighted by molar-refractivity contribution is 6.35. The molecule has 27 heavy (non-hydrogen) atoms. The monoisotopic (exact) mass is 366 g/mol. The number of carbonyl (C=O) groups is 2. The van der Waals surface area contributed by atoms with Gasteiger partial charge in [-0.1, -0.05) is 48.5 Å². The molecule has 3 aromatic rings. The van der Waals surface area contributed by atoms with Gasteiger partial charge in [0.05, 0.1) is 12.6 Å². The Balaban J connectivity index is 1.59. The summed E-state index contributed by atoms with van der Waals surface area (Å²) in [6, 6.07) is 18.1. The molecule has 0 spiro atoms. The van der Waals surface area contributed by atoms with E-state index in [1.54, 1.807) is 19.1 Å². The second-order valence-electron chi connectivity index (χ2n) is 6.71. The summed E-state index contributed by atoms with van der Waals surface area (Å²) in [6.07, 6.45) is 0. The molecule has 3 N–H and O–H groups in total. The van der Waals surface area contributed by atoms with E-state index < -0.39 is 17.4 Å². The predicted molar refractivity (Wildman–Crippen MR) is 102 cm³/mol. The van der Waals surface area contributed by atoms with E-state index in [1.807, 2.05) is 48.5 Å².